The van der Waals surface area contributed by atoms with Gasteiger partial charge in [0.2, 0.25) is 5.91 Å². The zero-order chi connectivity index (χ0) is 11.1. The molecule has 0 aromatic carbocycles. The van der Waals surface area contributed by atoms with Gasteiger partial charge in [0.1, 0.15) is 0 Å². The summed E-state index contributed by atoms with van der Waals surface area (Å²) in [6, 6.07) is 0.568. The standard InChI is InChI=1S/C11H23N3O/c1-3-12-11(15)6-7-13-10-5-4-8-14(2)9-10/h10,13H,3-9H2,1-2H3,(H,12,15). The number of hydrogen-bond acceptors (Lipinski definition) is 3. The lowest BCUT2D eigenvalue weighted by Crippen LogP contribution is -2.44. The Kier molecular flexibility index (Phi) is 5.65. The lowest BCUT2D eigenvalue weighted by molar-refractivity contribution is -0.120. The number of hydrogen-bond donors (Lipinski definition) is 2. The quantitative estimate of drug-likeness (QED) is 0.685. The topological polar surface area (TPSA) is 44.4 Å². The Balaban J connectivity index is 2.06. The van der Waals surface area contributed by atoms with Crippen molar-refractivity contribution < 1.29 is 4.79 Å². The summed E-state index contributed by atoms with van der Waals surface area (Å²) in [4.78, 5) is 13.5. The van der Waals surface area contributed by atoms with Crippen molar-refractivity contribution >= 4 is 5.91 Å². The van der Waals surface area contributed by atoms with Crippen molar-refractivity contribution in [3.63, 3.8) is 0 Å². The summed E-state index contributed by atoms with van der Waals surface area (Å²) in [6.07, 6.45) is 3.09. The van der Waals surface area contributed by atoms with Crippen LogP contribution in [0.3, 0.4) is 0 Å². The van der Waals surface area contributed by atoms with Crippen molar-refractivity contribution in [3.05, 3.63) is 0 Å². The number of carbonyl (C=O) groups excluding carboxylic acids is 1. The van der Waals surface area contributed by atoms with E-state index in [9.17, 15) is 4.79 Å². The molecule has 1 saturated heterocycles. The lowest BCUT2D eigenvalue weighted by Gasteiger charge is -2.30. The predicted octanol–water partition coefficient (Wildman–Crippen LogP) is 0.196. The first kappa shape index (κ1) is 12.5. The fourth-order valence-electron chi connectivity index (χ4n) is 2.01. The molecule has 0 aliphatic carbocycles. The molecular formula is C11H23N3O. The molecule has 0 spiro atoms. The van der Waals surface area contributed by atoms with Gasteiger partial charge in [-0.25, -0.2) is 0 Å². The summed E-state index contributed by atoms with van der Waals surface area (Å²) in [5.41, 5.74) is 0. The minimum Gasteiger partial charge on any atom is -0.356 e. The van der Waals surface area contributed by atoms with E-state index in [0.717, 1.165) is 19.6 Å². The van der Waals surface area contributed by atoms with Crippen LogP contribution >= 0.6 is 0 Å². The number of nitrogens with one attached hydrogen (secondary N) is 2. The normalized spacial score (nSPS) is 22.7. The highest BCUT2D eigenvalue weighted by Gasteiger charge is 2.16. The molecule has 2 N–H and O–H groups in total. The Morgan fingerprint density at radius 3 is 3.00 bits per heavy atom. The molecule has 4 heteroatoms. The van der Waals surface area contributed by atoms with Crippen molar-refractivity contribution in [2.24, 2.45) is 0 Å². The zero-order valence-electron chi connectivity index (χ0n) is 9.88. The molecule has 1 amide bonds. The molecule has 1 fully saturated rings. The van der Waals surface area contributed by atoms with Gasteiger partial charge in [-0.1, -0.05) is 0 Å². The molecule has 0 aromatic heterocycles. The van der Waals surface area contributed by atoms with Crippen molar-refractivity contribution in [2.45, 2.75) is 32.2 Å². The van der Waals surface area contributed by atoms with Crippen LogP contribution in [0.1, 0.15) is 26.2 Å². The molecule has 0 saturated carbocycles. The fraction of sp³-hybridized carbons (Fsp3) is 0.909. The summed E-state index contributed by atoms with van der Waals surface area (Å²) in [7, 11) is 2.15. The number of nitrogens with zero attached hydrogens (tertiary/aromatic N) is 1. The van der Waals surface area contributed by atoms with E-state index >= 15 is 0 Å². The highest BCUT2D eigenvalue weighted by molar-refractivity contribution is 5.75. The van der Waals surface area contributed by atoms with Crippen LogP contribution in [0, 0.1) is 0 Å². The second-order valence-electron chi connectivity index (χ2n) is 4.26. The van der Waals surface area contributed by atoms with Crippen molar-refractivity contribution in [3.8, 4) is 0 Å². The third kappa shape index (κ3) is 5.14. The predicted molar refractivity (Wildman–Crippen MR) is 61.8 cm³/mol. The van der Waals surface area contributed by atoms with Gasteiger partial charge in [-0.3, -0.25) is 4.79 Å². The maximum atomic E-state index is 11.2. The molecule has 0 bridgehead atoms. The molecular weight excluding hydrogens is 190 g/mol. The number of amides is 1. The van der Waals surface area contributed by atoms with Gasteiger partial charge in [0.25, 0.3) is 0 Å². The van der Waals surface area contributed by atoms with Crippen molar-refractivity contribution in [1.82, 2.24) is 15.5 Å². The third-order valence-corrected chi connectivity index (χ3v) is 2.78. The molecule has 88 valence electrons. The first-order valence-corrected chi connectivity index (χ1v) is 5.91. The molecule has 1 aliphatic rings. The van der Waals surface area contributed by atoms with Crippen LogP contribution in [0.5, 0.6) is 0 Å². The van der Waals surface area contributed by atoms with Crippen LogP contribution in [-0.2, 0) is 4.79 Å². The monoisotopic (exact) mass is 213 g/mol. The van der Waals surface area contributed by atoms with E-state index in [1.54, 1.807) is 0 Å². The molecule has 0 aromatic rings. The van der Waals surface area contributed by atoms with E-state index in [-0.39, 0.29) is 5.91 Å². The minimum absolute atomic E-state index is 0.147. The number of rotatable bonds is 5. The van der Waals surface area contributed by atoms with Crippen LogP contribution in [0.25, 0.3) is 0 Å². The van der Waals surface area contributed by atoms with Gasteiger partial charge in [0.05, 0.1) is 0 Å². The smallest absolute Gasteiger partial charge is 0.221 e. The highest BCUT2D eigenvalue weighted by atomic mass is 16.1. The van der Waals surface area contributed by atoms with Crippen LogP contribution in [0.15, 0.2) is 0 Å². The van der Waals surface area contributed by atoms with Gasteiger partial charge in [0.15, 0.2) is 0 Å². The first-order chi connectivity index (χ1) is 7.22. The maximum absolute atomic E-state index is 11.2. The average molecular weight is 213 g/mol. The highest BCUT2D eigenvalue weighted by Crippen LogP contribution is 2.07. The van der Waals surface area contributed by atoms with Crippen LogP contribution < -0.4 is 10.6 Å². The lowest BCUT2D eigenvalue weighted by atomic mass is 10.1. The van der Waals surface area contributed by atoms with E-state index in [0.29, 0.717) is 12.5 Å². The summed E-state index contributed by atoms with van der Waals surface area (Å²) < 4.78 is 0. The molecule has 0 radical (unpaired) electrons. The van der Waals surface area contributed by atoms with Gasteiger partial charge >= 0.3 is 0 Å². The summed E-state index contributed by atoms with van der Waals surface area (Å²) in [5, 5.41) is 6.24. The summed E-state index contributed by atoms with van der Waals surface area (Å²) in [6.45, 7) is 5.78. The van der Waals surface area contributed by atoms with Crippen LogP contribution in [0.2, 0.25) is 0 Å². The van der Waals surface area contributed by atoms with Crippen molar-refractivity contribution in [2.75, 3.05) is 33.2 Å². The Labute approximate surface area is 92.4 Å². The second-order valence-corrected chi connectivity index (χ2v) is 4.26. The Bertz CT molecular complexity index is 196. The first-order valence-electron chi connectivity index (χ1n) is 5.91. The zero-order valence-corrected chi connectivity index (χ0v) is 9.88. The Hall–Kier alpha value is -0.610. The Morgan fingerprint density at radius 1 is 1.53 bits per heavy atom. The largest absolute Gasteiger partial charge is 0.356 e. The van der Waals surface area contributed by atoms with Crippen LogP contribution in [0.4, 0.5) is 0 Å². The second kappa shape index (κ2) is 6.80. The van der Waals surface area contributed by atoms with E-state index in [1.165, 1.54) is 19.4 Å². The summed E-state index contributed by atoms with van der Waals surface area (Å²) in [5.74, 6) is 0.147. The van der Waals surface area contributed by atoms with Gasteiger partial charge in [0, 0.05) is 32.1 Å². The number of carbonyl (C=O) groups is 1. The summed E-state index contributed by atoms with van der Waals surface area (Å²) >= 11 is 0. The third-order valence-electron chi connectivity index (χ3n) is 2.78. The molecule has 1 rings (SSSR count). The molecule has 4 nitrogen and oxygen atoms in total. The minimum atomic E-state index is 0.147. The molecule has 1 heterocycles. The van der Waals surface area contributed by atoms with Crippen molar-refractivity contribution in [1.29, 1.82) is 0 Å². The average Bonchev–Trinajstić information content (AvgIpc) is 2.18. The SMILES string of the molecule is CCNC(=O)CCNC1CCCN(C)C1. The van der Waals surface area contributed by atoms with Crippen LogP contribution in [-0.4, -0.2) is 50.1 Å². The van der Waals surface area contributed by atoms with Gasteiger partial charge in [-0.05, 0) is 33.4 Å². The van der Waals surface area contributed by atoms with Gasteiger partial charge < -0.3 is 15.5 Å². The molecule has 1 unspecified atom stereocenters. The van der Waals surface area contributed by atoms with E-state index < -0.39 is 0 Å². The number of likely N-dealkylation sites (tertiary alicyclic amines) is 1. The van der Waals surface area contributed by atoms with E-state index in [1.807, 2.05) is 6.92 Å². The number of likely N-dealkylation sites (N-methyl/N-ethyl adjacent to an activating group) is 1. The van der Waals surface area contributed by atoms with Gasteiger partial charge in [-0.2, -0.15) is 0 Å². The Morgan fingerprint density at radius 2 is 2.33 bits per heavy atom. The molecule has 15 heavy (non-hydrogen) atoms. The maximum Gasteiger partial charge on any atom is 0.221 e. The van der Waals surface area contributed by atoms with Gasteiger partial charge in [-0.15, -0.1) is 0 Å². The molecule has 1 aliphatic heterocycles. The fourth-order valence-corrected chi connectivity index (χ4v) is 2.01. The van der Waals surface area contributed by atoms with E-state index in [4.69, 9.17) is 0 Å². The van der Waals surface area contributed by atoms with E-state index in [2.05, 4.69) is 22.6 Å². The number of piperidine rings is 1. The molecule has 1 atom stereocenters.